The summed E-state index contributed by atoms with van der Waals surface area (Å²) in [6.45, 7) is 6.58. The molecule has 0 aliphatic heterocycles. The van der Waals surface area contributed by atoms with Crippen molar-refractivity contribution in [3.05, 3.63) is 71.3 Å². The van der Waals surface area contributed by atoms with Crippen LogP contribution in [0.2, 0.25) is 0 Å². The number of hydrogen-bond acceptors (Lipinski definition) is 5. The molecule has 1 amide bonds. The lowest BCUT2D eigenvalue weighted by Crippen LogP contribution is -2.65. The third kappa shape index (κ3) is 8.69. The van der Waals surface area contributed by atoms with E-state index in [1.807, 2.05) is 0 Å². The van der Waals surface area contributed by atoms with E-state index in [2.05, 4.69) is 0 Å². The van der Waals surface area contributed by atoms with Crippen LogP contribution in [0, 0.1) is 5.92 Å². The van der Waals surface area contributed by atoms with Crippen molar-refractivity contribution in [1.29, 1.82) is 0 Å². The largest absolute Gasteiger partial charge is 0.479 e. The Kier molecular flexibility index (Phi) is 9.99. The monoisotopic (exact) mass is 569 g/mol. The molecule has 0 aliphatic carbocycles. The summed E-state index contributed by atoms with van der Waals surface area (Å²) < 4.78 is 65.5. The van der Waals surface area contributed by atoms with Gasteiger partial charge in [-0.2, -0.15) is 13.2 Å². The third-order valence-electron chi connectivity index (χ3n) is 6.13. The summed E-state index contributed by atoms with van der Waals surface area (Å²) in [4.78, 5) is 40.5. The maximum Gasteiger partial charge on any atom is 0.416 e. The first-order valence-corrected chi connectivity index (χ1v) is 12.5. The van der Waals surface area contributed by atoms with Crippen molar-refractivity contribution in [3.8, 4) is 0 Å². The van der Waals surface area contributed by atoms with E-state index in [0.717, 1.165) is 45.2 Å². The first-order valence-electron chi connectivity index (χ1n) is 12.5. The van der Waals surface area contributed by atoms with Crippen LogP contribution in [0.1, 0.15) is 57.7 Å². The van der Waals surface area contributed by atoms with E-state index in [-0.39, 0.29) is 12.2 Å². The summed E-state index contributed by atoms with van der Waals surface area (Å²) in [6.07, 6.45) is -7.07. The molecular weight excluding hydrogens is 534 g/mol. The van der Waals surface area contributed by atoms with Crippen molar-refractivity contribution in [1.82, 2.24) is 4.90 Å². The molecule has 11 heteroatoms. The quantitative estimate of drug-likeness (QED) is 0.262. The Hall–Kier alpha value is -3.63. The zero-order valence-electron chi connectivity index (χ0n) is 23.3. The average molecular weight is 570 g/mol. The van der Waals surface area contributed by atoms with Crippen molar-refractivity contribution in [2.75, 3.05) is 7.05 Å². The van der Waals surface area contributed by atoms with Gasteiger partial charge >= 0.3 is 24.2 Å². The lowest BCUT2D eigenvalue weighted by molar-refractivity contribution is -0.171. The number of carbonyl (C=O) groups is 3. The van der Waals surface area contributed by atoms with Gasteiger partial charge in [0.1, 0.15) is 17.9 Å². The molecule has 2 aromatic rings. The molecule has 220 valence electrons. The Morgan fingerprint density at radius 1 is 0.875 bits per heavy atom. The van der Waals surface area contributed by atoms with Gasteiger partial charge in [0.05, 0.1) is 11.5 Å². The number of esters is 1. The molecule has 0 heterocycles. The highest BCUT2D eigenvalue weighted by molar-refractivity contribution is 5.91. The van der Waals surface area contributed by atoms with Gasteiger partial charge in [-0.3, -0.25) is 9.69 Å². The Labute approximate surface area is 231 Å². The van der Waals surface area contributed by atoms with Gasteiger partial charge in [0.2, 0.25) is 0 Å². The summed E-state index contributed by atoms with van der Waals surface area (Å²) in [7, 11) is 1.08. The smallest absolute Gasteiger partial charge is 0.416 e. The fraction of sp³-hybridized carbons (Fsp3) is 0.483. The van der Waals surface area contributed by atoms with E-state index in [4.69, 9.17) is 9.47 Å². The summed E-state index contributed by atoms with van der Waals surface area (Å²) in [5.74, 6) is -4.52. The van der Waals surface area contributed by atoms with Gasteiger partial charge in [0, 0.05) is 13.5 Å². The molecular formula is C29H35F4NO6. The Morgan fingerprint density at radius 2 is 1.43 bits per heavy atom. The minimum atomic E-state index is -4.62. The standard InChI is InChI=1S/C29H35F4NO6/c1-26(2,3)40-25(38)34(6)28(24(36)37,18-27(4,5)30)22(23(35)39-17-20-10-8-7-9-11-20)16-19-12-14-21(15-13-19)29(31,32)33/h7-15,22H,16-18H2,1-6H3,(H,36,37)/t22-,28-/m0/s1. The second-order valence-electron chi connectivity index (χ2n) is 11.2. The summed E-state index contributed by atoms with van der Waals surface area (Å²) in [5, 5.41) is 10.6. The van der Waals surface area contributed by atoms with E-state index in [1.165, 1.54) is 0 Å². The Balaban J connectivity index is 2.66. The number of aliphatic carboxylic acids is 1. The minimum absolute atomic E-state index is 0.148. The van der Waals surface area contributed by atoms with E-state index >= 15 is 4.39 Å². The fourth-order valence-corrected chi connectivity index (χ4v) is 4.32. The highest BCUT2D eigenvalue weighted by Crippen LogP contribution is 2.39. The van der Waals surface area contributed by atoms with Crippen LogP contribution in [-0.2, 0) is 38.3 Å². The molecule has 0 spiro atoms. The number of amides is 1. The number of halogens is 4. The molecule has 2 rings (SSSR count). The zero-order chi connectivity index (χ0) is 30.5. The molecule has 40 heavy (non-hydrogen) atoms. The molecule has 0 radical (unpaired) electrons. The van der Waals surface area contributed by atoms with Gasteiger partial charge < -0.3 is 14.6 Å². The fourth-order valence-electron chi connectivity index (χ4n) is 4.32. The average Bonchev–Trinajstić information content (AvgIpc) is 2.82. The maximum absolute atomic E-state index is 15.3. The lowest BCUT2D eigenvalue weighted by atomic mass is 9.73. The number of rotatable bonds is 10. The molecule has 0 fully saturated rings. The predicted octanol–water partition coefficient (Wildman–Crippen LogP) is 6.44. The van der Waals surface area contributed by atoms with Crippen LogP contribution in [0.3, 0.4) is 0 Å². The van der Waals surface area contributed by atoms with Gasteiger partial charge in [-0.05, 0) is 64.3 Å². The van der Waals surface area contributed by atoms with E-state index < -0.39 is 65.3 Å². The SMILES string of the molecule is CN(C(=O)OC(C)(C)C)[C@](CC(C)(C)F)(C(=O)O)[C@@H](Cc1ccc(C(F)(F)F)cc1)C(=O)OCc1ccccc1. The highest BCUT2D eigenvalue weighted by Gasteiger charge is 2.58. The Morgan fingerprint density at radius 3 is 1.88 bits per heavy atom. The van der Waals surface area contributed by atoms with Gasteiger partial charge in [-0.1, -0.05) is 42.5 Å². The van der Waals surface area contributed by atoms with Crippen LogP contribution in [0.5, 0.6) is 0 Å². The van der Waals surface area contributed by atoms with Crippen LogP contribution in [0.4, 0.5) is 22.4 Å². The zero-order valence-corrected chi connectivity index (χ0v) is 23.3. The van der Waals surface area contributed by atoms with Crippen LogP contribution < -0.4 is 0 Å². The molecule has 0 aromatic heterocycles. The summed E-state index contributed by atoms with van der Waals surface area (Å²) in [6, 6.07) is 12.3. The van der Waals surface area contributed by atoms with Gasteiger partial charge in [0.25, 0.3) is 0 Å². The van der Waals surface area contributed by atoms with Gasteiger partial charge in [-0.15, -0.1) is 0 Å². The number of nitrogens with zero attached hydrogens (tertiary/aromatic N) is 1. The van der Waals surface area contributed by atoms with Crippen molar-refractivity contribution in [2.45, 2.75) is 77.1 Å². The number of carboxylic acids is 1. The predicted molar refractivity (Wildman–Crippen MR) is 139 cm³/mol. The van der Waals surface area contributed by atoms with Crippen molar-refractivity contribution in [2.24, 2.45) is 5.92 Å². The van der Waals surface area contributed by atoms with Crippen LogP contribution in [-0.4, -0.2) is 51.9 Å². The molecule has 0 saturated carbocycles. The van der Waals surface area contributed by atoms with Crippen molar-refractivity contribution >= 4 is 18.0 Å². The highest BCUT2D eigenvalue weighted by atomic mass is 19.4. The lowest BCUT2D eigenvalue weighted by Gasteiger charge is -2.44. The first-order chi connectivity index (χ1) is 18.3. The van der Waals surface area contributed by atoms with Crippen molar-refractivity contribution < 1.29 is 46.5 Å². The van der Waals surface area contributed by atoms with E-state index in [0.29, 0.717) is 10.5 Å². The number of likely N-dealkylation sites (N-methyl/N-ethyl adjacent to an activating group) is 1. The molecule has 0 bridgehead atoms. The third-order valence-corrected chi connectivity index (χ3v) is 6.13. The second-order valence-corrected chi connectivity index (χ2v) is 11.2. The maximum atomic E-state index is 15.3. The molecule has 0 aliphatic rings. The van der Waals surface area contributed by atoms with Crippen molar-refractivity contribution in [3.63, 3.8) is 0 Å². The molecule has 2 aromatic carbocycles. The second kappa shape index (κ2) is 12.3. The number of carboxylic acid groups (broad SMARTS) is 1. The van der Waals surface area contributed by atoms with Gasteiger partial charge in [0.15, 0.2) is 5.54 Å². The van der Waals surface area contributed by atoms with Crippen LogP contribution >= 0.6 is 0 Å². The van der Waals surface area contributed by atoms with Gasteiger partial charge in [-0.25, -0.2) is 14.0 Å². The number of benzene rings is 2. The molecule has 1 N–H and O–H groups in total. The van der Waals surface area contributed by atoms with E-state index in [9.17, 15) is 32.7 Å². The Bertz CT molecular complexity index is 1170. The summed E-state index contributed by atoms with van der Waals surface area (Å²) >= 11 is 0. The minimum Gasteiger partial charge on any atom is -0.479 e. The number of carbonyl (C=O) groups excluding carboxylic acids is 2. The first kappa shape index (κ1) is 32.6. The molecule has 2 atom stereocenters. The number of alkyl halides is 4. The molecule has 7 nitrogen and oxygen atoms in total. The topological polar surface area (TPSA) is 93.1 Å². The van der Waals surface area contributed by atoms with E-state index in [1.54, 1.807) is 51.1 Å². The summed E-state index contributed by atoms with van der Waals surface area (Å²) in [5.41, 5.74) is -6.04. The molecule has 0 unspecified atom stereocenters. The van der Waals surface area contributed by atoms with Crippen LogP contribution in [0.25, 0.3) is 0 Å². The number of ether oxygens (including phenoxy) is 2. The molecule has 0 saturated heterocycles. The normalized spacial score (nSPS) is 14.6. The number of hydrogen-bond donors (Lipinski definition) is 1. The van der Waals surface area contributed by atoms with Crippen LogP contribution in [0.15, 0.2) is 54.6 Å².